The minimum Gasteiger partial charge on any atom is -0.343 e. The summed E-state index contributed by atoms with van der Waals surface area (Å²) in [6.07, 6.45) is 1.60. The first kappa shape index (κ1) is 15.7. The fraction of sp³-hybridized carbons (Fsp3) is 0.462. The summed E-state index contributed by atoms with van der Waals surface area (Å²) in [6.45, 7) is 0.167. The molecule has 0 saturated carbocycles. The Labute approximate surface area is 114 Å². The summed E-state index contributed by atoms with van der Waals surface area (Å²) >= 11 is 0. The molecule has 0 radical (unpaired) electrons. The van der Waals surface area contributed by atoms with Gasteiger partial charge in [-0.25, -0.2) is 8.42 Å². The van der Waals surface area contributed by atoms with Gasteiger partial charge in [0.15, 0.2) is 0 Å². The first-order chi connectivity index (χ1) is 8.79. The van der Waals surface area contributed by atoms with Crippen LogP contribution in [-0.4, -0.2) is 50.9 Å². The lowest BCUT2D eigenvalue weighted by Crippen LogP contribution is -2.44. The third kappa shape index (κ3) is 5.85. The number of nitrogens with two attached hydrogens (primary N) is 1. The van der Waals surface area contributed by atoms with Crippen LogP contribution in [0.15, 0.2) is 30.3 Å². The van der Waals surface area contributed by atoms with Gasteiger partial charge < -0.3 is 10.6 Å². The predicted molar refractivity (Wildman–Crippen MR) is 75.5 cm³/mol. The van der Waals surface area contributed by atoms with Crippen molar-refractivity contribution in [3.63, 3.8) is 0 Å². The van der Waals surface area contributed by atoms with Gasteiger partial charge in [-0.05, 0) is 12.0 Å². The van der Waals surface area contributed by atoms with Gasteiger partial charge in [-0.2, -0.15) is 0 Å². The molecule has 1 rings (SSSR count). The van der Waals surface area contributed by atoms with E-state index in [0.717, 1.165) is 11.8 Å². The van der Waals surface area contributed by atoms with E-state index in [9.17, 15) is 13.2 Å². The lowest BCUT2D eigenvalue weighted by Gasteiger charge is -2.21. The van der Waals surface area contributed by atoms with Crippen molar-refractivity contribution >= 4 is 15.7 Å². The fourth-order valence-corrected chi connectivity index (χ4v) is 2.26. The number of amides is 1. The van der Waals surface area contributed by atoms with Gasteiger partial charge in [-0.15, -0.1) is 0 Å². The van der Waals surface area contributed by atoms with E-state index in [0.29, 0.717) is 6.42 Å². The van der Waals surface area contributed by atoms with Crippen molar-refractivity contribution in [1.29, 1.82) is 0 Å². The van der Waals surface area contributed by atoms with Crippen LogP contribution in [0.1, 0.15) is 5.56 Å². The quantitative estimate of drug-likeness (QED) is 0.801. The number of rotatable bonds is 6. The van der Waals surface area contributed by atoms with Crippen LogP contribution in [0.25, 0.3) is 0 Å². The zero-order valence-electron chi connectivity index (χ0n) is 11.2. The Balaban J connectivity index is 2.52. The van der Waals surface area contributed by atoms with Gasteiger partial charge in [-0.3, -0.25) is 4.79 Å². The highest BCUT2D eigenvalue weighted by molar-refractivity contribution is 7.90. The normalized spacial score (nSPS) is 13.0. The molecule has 1 unspecified atom stereocenters. The van der Waals surface area contributed by atoms with E-state index >= 15 is 0 Å². The Morgan fingerprint density at radius 2 is 1.89 bits per heavy atom. The van der Waals surface area contributed by atoms with Crippen LogP contribution in [0.5, 0.6) is 0 Å². The predicted octanol–water partition coefficient (Wildman–Crippen LogP) is 0.0594. The zero-order chi connectivity index (χ0) is 14.5. The molecule has 0 saturated heterocycles. The molecule has 19 heavy (non-hydrogen) atoms. The number of nitrogens with zero attached hydrogens (tertiary/aromatic N) is 1. The average molecular weight is 284 g/mol. The molecule has 5 nitrogen and oxygen atoms in total. The second-order valence-electron chi connectivity index (χ2n) is 4.69. The average Bonchev–Trinajstić information content (AvgIpc) is 2.35. The Morgan fingerprint density at radius 3 is 2.42 bits per heavy atom. The molecule has 0 spiro atoms. The molecule has 0 fully saturated rings. The molecule has 2 N–H and O–H groups in total. The Morgan fingerprint density at radius 1 is 1.32 bits per heavy atom. The Hall–Kier alpha value is -1.40. The van der Waals surface area contributed by atoms with Crippen molar-refractivity contribution in [2.45, 2.75) is 12.5 Å². The van der Waals surface area contributed by atoms with E-state index in [2.05, 4.69) is 0 Å². The minimum absolute atomic E-state index is 0.0483. The smallest absolute Gasteiger partial charge is 0.239 e. The largest absolute Gasteiger partial charge is 0.343 e. The number of carbonyl (C=O) groups is 1. The van der Waals surface area contributed by atoms with Gasteiger partial charge in [-0.1, -0.05) is 30.3 Å². The summed E-state index contributed by atoms with van der Waals surface area (Å²) in [5.41, 5.74) is 6.83. The van der Waals surface area contributed by atoms with Gasteiger partial charge >= 0.3 is 0 Å². The molecule has 1 atom stereocenters. The lowest BCUT2D eigenvalue weighted by atomic mass is 10.1. The molecule has 0 aliphatic carbocycles. The molecule has 6 heteroatoms. The van der Waals surface area contributed by atoms with E-state index in [1.54, 1.807) is 7.05 Å². The number of hydrogen-bond donors (Lipinski definition) is 1. The molecule has 1 aromatic rings. The summed E-state index contributed by atoms with van der Waals surface area (Å²) in [5, 5.41) is 0. The van der Waals surface area contributed by atoms with E-state index in [4.69, 9.17) is 5.73 Å². The topological polar surface area (TPSA) is 80.5 Å². The van der Waals surface area contributed by atoms with E-state index in [1.807, 2.05) is 30.3 Å². The van der Waals surface area contributed by atoms with E-state index in [-0.39, 0.29) is 18.2 Å². The molecule has 0 aromatic heterocycles. The number of sulfone groups is 1. The second kappa shape index (κ2) is 6.68. The van der Waals surface area contributed by atoms with Gasteiger partial charge in [0.1, 0.15) is 9.84 Å². The van der Waals surface area contributed by atoms with Crippen LogP contribution < -0.4 is 5.73 Å². The third-order valence-corrected chi connectivity index (χ3v) is 3.71. The van der Waals surface area contributed by atoms with Gasteiger partial charge in [0, 0.05) is 19.8 Å². The number of benzene rings is 1. The molecule has 0 aliphatic rings. The van der Waals surface area contributed by atoms with Crippen molar-refractivity contribution in [2.24, 2.45) is 5.73 Å². The van der Waals surface area contributed by atoms with Gasteiger partial charge in [0.25, 0.3) is 0 Å². The van der Waals surface area contributed by atoms with Crippen molar-refractivity contribution in [3.05, 3.63) is 35.9 Å². The number of likely N-dealkylation sites (N-methyl/N-ethyl adjacent to an activating group) is 1. The lowest BCUT2D eigenvalue weighted by molar-refractivity contribution is -0.131. The summed E-state index contributed by atoms with van der Waals surface area (Å²) in [6, 6.07) is 8.84. The molecule has 1 aromatic carbocycles. The maximum absolute atomic E-state index is 12.0. The maximum Gasteiger partial charge on any atom is 0.239 e. The minimum atomic E-state index is -3.07. The van der Waals surface area contributed by atoms with Crippen LogP contribution in [-0.2, 0) is 21.1 Å². The van der Waals surface area contributed by atoms with Crippen LogP contribution in [0.4, 0.5) is 0 Å². The Bertz CT molecular complexity index is 514. The second-order valence-corrected chi connectivity index (χ2v) is 6.95. The van der Waals surface area contributed by atoms with Crippen LogP contribution in [0.3, 0.4) is 0 Å². The van der Waals surface area contributed by atoms with Crippen molar-refractivity contribution in [1.82, 2.24) is 4.90 Å². The summed E-state index contributed by atoms with van der Waals surface area (Å²) < 4.78 is 22.1. The first-order valence-corrected chi connectivity index (χ1v) is 8.08. The number of hydrogen-bond acceptors (Lipinski definition) is 4. The highest BCUT2D eigenvalue weighted by Gasteiger charge is 2.19. The molecular weight excluding hydrogens is 264 g/mol. The van der Waals surface area contributed by atoms with Crippen LogP contribution in [0.2, 0.25) is 0 Å². The summed E-state index contributed by atoms with van der Waals surface area (Å²) in [5.74, 6) is -0.291. The van der Waals surface area contributed by atoms with E-state index < -0.39 is 15.9 Å². The Kier molecular flexibility index (Phi) is 5.50. The molecular formula is C13H20N2O3S. The van der Waals surface area contributed by atoms with Crippen LogP contribution in [0, 0.1) is 0 Å². The van der Waals surface area contributed by atoms with Crippen molar-refractivity contribution in [2.75, 3.05) is 25.6 Å². The fourth-order valence-electron chi connectivity index (χ4n) is 1.65. The molecule has 0 heterocycles. The van der Waals surface area contributed by atoms with Crippen LogP contribution >= 0.6 is 0 Å². The van der Waals surface area contributed by atoms with Gasteiger partial charge in [0.2, 0.25) is 5.91 Å². The summed E-state index contributed by atoms with van der Waals surface area (Å²) in [4.78, 5) is 13.3. The SMILES string of the molecule is CN(CCS(C)(=O)=O)C(=O)C(N)Cc1ccccc1. The van der Waals surface area contributed by atoms with Crippen molar-refractivity contribution in [3.8, 4) is 0 Å². The zero-order valence-corrected chi connectivity index (χ0v) is 12.1. The molecule has 106 valence electrons. The standard InChI is InChI=1S/C13H20N2O3S/c1-15(8-9-19(2,17)18)13(16)12(14)10-11-6-4-3-5-7-11/h3-7,12H,8-10,14H2,1-2H3. The van der Waals surface area contributed by atoms with E-state index in [1.165, 1.54) is 4.90 Å². The first-order valence-electron chi connectivity index (χ1n) is 6.02. The monoisotopic (exact) mass is 284 g/mol. The highest BCUT2D eigenvalue weighted by atomic mass is 32.2. The molecule has 0 bridgehead atoms. The summed E-state index contributed by atoms with van der Waals surface area (Å²) in [7, 11) is -1.50. The number of carbonyl (C=O) groups excluding carboxylic acids is 1. The third-order valence-electron chi connectivity index (χ3n) is 2.79. The van der Waals surface area contributed by atoms with Crippen molar-refractivity contribution < 1.29 is 13.2 Å². The molecule has 0 aliphatic heterocycles. The highest BCUT2D eigenvalue weighted by Crippen LogP contribution is 2.04. The maximum atomic E-state index is 12.0. The molecule has 1 amide bonds. The van der Waals surface area contributed by atoms with Gasteiger partial charge in [0.05, 0.1) is 11.8 Å².